The van der Waals surface area contributed by atoms with Crippen LogP contribution in [-0.2, 0) is 0 Å². The lowest BCUT2D eigenvalue weighted by Gasteiger charge is -2.12. The minimum atomic E-state index is -0.329. The standard InChI is InChI=1S/C14H17N3O2S/c1-9(7-18)16-14(19)17-12-5-3-11(4-6-12)13-15-10(2)8-20-13/h3-6,8-9,18H,7H2,1-2H3,(H2,16,17,19)/t9-/m0/s1. The Morgan fingerprint density at radius 2 is 2.10 bits per heavy atom. The highest BCUT2D eigenvalue weighted by Crippen LogP contribution is 2.24. The molecule has 20 heavy (non-hydrogen) atoms. The molecule has 0 fully saturated rings. The summed E-state index contributed by atoms with van der Waals surface area (Å²) in [5.74, 6) is 0. The molecule has 0 aliphatic carbocycles. The predicted molar refractivity (Wildman–Crippen MR) is 81.0 cm³/mol. The Kier molecular flexibility index (Phi) is 4.70. The summed E-state index contributed by atoms with van der Waals surface area (Å²) in [5, 5.41) is 17.2. The minimum absolute atomic E-state index is 0.0875. The van der Waals surface area contributed by atoms with Crippen LogP contribution in [0.25, 0.3) is 10.6 Å². The van der Waals surface area contributed by atoms with Crippen LogP contribution in [-0.4, -0.2) is 28.8 Å². The van der Waals surface area contributed by atoms with Crippen molar-refractivity contribution in [1.82, 2.24) is 10.3 Å². The van der Waals surface area contributed by atoms with Crippen LogP contribution in [0.3, 0.4) is 0 Å². The lowest BCUT2D eigenvalue weighted by atomic mass is 10.2. The molecule has 1 aromatic heterocycles. The number of aryl methyl sites for hydroxylation is 1. The first-order valence-electron chi connectivity index (χ1n) is 6.29. The third-order valence-electron chi connectivity index (χ3n) is 2.66. The molecule has 0 aliphatic rings. The second kappa shape index (κ2) is 6.49. The summed E-state index contributed by atoms with van der Waals surface area (Å²) < 4.78 is 0. The molecule has 1 aromatic carbocycles. The third kappa shape index (κ3) is 3.79. The molecular formula is C14H17N3O2S. The lowest BCUT2D eigenvalue weighted by Crippen LogP contribution is -2.38. The van der Waals surface area contributed by atoms with Crippen LogP contribution in [0.4, 0.5) is 10.5 Å². The average molecular weight is 291 g/mol. The second-order valence-electron chi connectivity index (χ2n) is 4.55. The van der Waals surface area contributed by atoms with Crippen LogP contribution >= 0.6 is 11.3 Å². The number of carbonyl (C=O) groups is 1. The van der Waals surface area contributed by atoms with Gasteiger partial charge in [-0.15, -0.1) is 11.3 Å². The topological polar surface area (TPSA) is 74.2 Å². The number of thiazole rings is 1. The highest BCUT2D eigenvalue weighted by atomic mass is 32.1. The Labute approximate surface area is 121 Å². The van der Waals surface area contributed by atoms with E-state index in [9.17, 15) is 4.79 Å². The van der Waals surface area contributed by atoms with Gasteiger partial charge in [-0.05, 0) is 38.1 Å². The number of urea groups is 1. The lowest BCUT2D eigenvalue weighted by molar-refractivity contribution is 0.229. The summed E-state index contributed by atoms with van der Waals surface area (Å²) in [7, 11) is 0. The zero-order chi connectivity index (χ0) is 14.5. The van der Waals surface area contributed by atoms with Gasteiger partial charge in [0, 0.05) is 22.3 Å². The normalized spacial score (nSPS) is 11.9. The molecule has 0 saturated heterocycles. The number of nitrogens with one attached hydrogen (secondary N) is 2. The van der Waals surface area contributed by atoms with Crippen molar-refractivity contribution in [2.75, 3.05) is 11.9 Å². The number of hydrogen-bond acceptors (Lipinski definition) is 4. The maximum absolute atomic E-state index is 11.6. The summed E-state index contributed by atoms with van der Waals surface area (Å²) in [6.07, 6.45) is 0. The van der Waals surface area contributed by atoms with Crippen molar-refractivity contribution < 1.29 is 9.90 Å². The maximum Gasteiger partial charge on any atom is 0.319 e. The van der Waals surface area contributed by atoms with Gasteiger partial charge in [0.05, 0.1) is 12.6 Å². The van der Waals surface area contributed by atoms with E-state index in [1.807, 2.05) is 36.6 Å². The van der Waals surface area contributed by atoms with Gasteiger partial charge in [-0.25, -0.2) is 9.78 Å². The SMILES string of the molecule is Cc1csc(-c2ccc(NC(=O)N[C@@H](C)CO)cc2)n1. The van der Waals surface area contributed by atoms with Gasteiger partial charge in [0.25, 0.3) is 0 Å². The van der Waals surface area contributed by atoms with E-state index in [4.69, 9.17) is 5.11 Å². The van der Waals surface area contributed by atoms with Gasteiger partial charge in [0.15, 0.2) is 0 Å². The van der Waals surface area contributed by atoms with Crippen molar-refractivity contribution in [3.63, 3.8) is 0 Å². The molecule has 0 saturated carbocycles. The highest BCUT2D eigenvalue weighted by Gasteiger charge is 2.07. The Morgan fingerprint density at radius 1 is 1.40 bits per heavy atom. The fourth-order valence-corrected chi connectivity index (χ4v) is 2.42. The van der Waals surface area contributed by atoms with E-state index in [1.54, 1.807) is 18.3 Å². The van der Waals surface area contributed by atoms with Crippen LogP contribution in [0.1, 0.15) is 12.6 Å². The predicted octanol–water partition coefficient (Wildman–Crippen LogP) is 2.62. The van der Waals surface area contributed by atoms with E-state index in [0.29, 0.717) is 5.69 Å². The molecule has 2 aromatic rings. The van der Waals surface area contributed by atoms with Gasteiger partial charge in [-0.2, -0.15) is 0 Å². The molecule has 1 atom stereocenters. The van der Waals surface area contributed by atoms with E-state index < -0.39 is 0 Å². The first-order valence-corrected chi connectivity index (χ1v) is 7.17. The highest BCUT2D eigenvalue weighted by molar-refractivity contribution is 7.13. The van der Waals surface area contributed by atoms with E-state index in [1.165, 1.54) is 0 Å². The molecule has 5 nitrogen and oxygen atoms in total. The number of amides is 2. The molecule has 0 radical (unpaired) electrons. The summed E-state index contributed by atoms with van der Waals surface area (Å²) in [6, 6.07) is 6.90. The molecule has 106 valence electrons. The van der Waals surface area contributed by atoms with Crippen LogP contribution < -0.4 is 10.6 Å². The monoisotopic (exact) mass is 291 g/mol. The van der Waals surface area contributed by atoms with Crippen molar-refractivity contribution >= 4 is 23.1 Å². The molecule has 0 spiro atoms. The van der Waals surface area contributed by atoms with E-state index in [0.717, 1.165) is 16.3 Å². The van der Waals surface area contributed by atoms with E-state index in [2.05, 4.69) is 15.6 Å². The number of aliphatic hydroxyl groups is 1. The van der Waals surface area contributed by atoms with Crippen LogP contribution in [0.5, 0.6) is 0 Å². The van der Waals surface area contributed by atoms with Crippen molar-refractivity contribution in [3.05, 3.63) is 35.3 Å². The van der Waals surface area contributed by atoms with Gasteiger partial charge in [-0.3, -0.25) is 0 Å². The zero-order valence-corrected chi connectivity index (χ0v) is 12.2. The number of carbonyl (C=O) groups excluding carboxylic acids is 1. The van der Waals surface area contributed by atoms with Gasteiger partial charge >= 0.3 is 6.03 Å². The summed E-state index contributed by atoms with van der Waals surface area (Å²) in [4.78, 5) is 16.0. The second-order valence-corrected chi connectivity index (χ2v) is 5.41. The Bertz CT molecular complexity index is 580. The number of nitrogens with zero attached hydrogens (tertiary/aromatic N) is 1. The number of rotatable bonds is 4. The largest absolute Gasteiger partial charge is 0.394 e. The van der Waals surface area contributed by atoms with Gasteiger partial charge in [0.2, 0.25) is 0 Å². The quantitative estimate of drug-likeness (QED) is 0.810. The van der Waals surface area contributed by atoms with Crippen LogP contribution in [0.2, 0.25) is 0 Å². The average Bonchev–Trinajstić information content (AvgIpc) is 2.86. The van der Waals surface area contributed by atoms with Gasteiger partial charge < -0.3 is 15.7 Å². The fourth-order valence-electron chi connectivity index (χ4n) is 1.62. The van der Waals surface area contributed by atoms with Gasteiger partial charge in [0.1, 0.15) is 5.01 Å². The van der Waals surface area contributed by atoms with E-state index >= 15 is 0 Å². The van der Waals surface area contributed by atoms with Crippen LogP contribution in [0.15, 0.2) is 29.6 Å². The maximum atomic E-state index is 11.6. The molecule has 6 heteroatoms. The summed E-state index contributed by atoms with van der Waals surface area (Å²) in [5.41, 5.74) is 2.73. The Morgan fingerprint density at radius 3 is 2.65 bits per heavy atom. The van der Waals surface area contributed by atoms with Crippen molar-refractivity contribution in [2.45, 2.75) is 19.9 Å². The number of aromatic nitrogens is 1. The molecule has 2 rings (SSSR count). The fraction of sp³-hybridized carbons (Fsp3) is 0.286. The number of benzene rings is 1. The number of hydrogen-bond donors (Lipinski definition) is 3. The Balaban J connectivity index is 2.00. The molecule has 0 unspecified atom stereocenters. The third-order valence-corrected chi connectivity index (χ3v) is 3.67. The van der Waals surface area contributed by atoms with E-state index in [-0.39, 0.29) is 18.7 Å². The number of anilines is 1. The molecule has 3 N–H and O–H groups in total. The zero-order valence-electron chi connectivity index (χ0n) is 11.4. The molecule has 0 aliphatic heterocycles. The van der Waals surface area contributed by atoms with Crippen molar-refractivity contribution in [2.24, 2.45) is 0 Å². The molecule has 2 amide bonds. The first kappa shape index (κ1) is 14.5. The summed E-state index contributed by atoms with van der Waals surface area (Å²) >= 11 is 1.60. The summed E-state index contributed by atoms with van der Waals surface area (Å²) in [6.45, 7) is 3.60. The number of aliphatic hydroxyl groups excluding tert-OH is 1. The molecule has 1 heterocycles. The first-order chi connectivity index (χ1) is 9.58. The van der Waals surface area contributed by atoms with Crippen molar-refractivity contribution in [3.8, 4) is 10.6 Å². The van der Waals surface area contributed by atoms with Crippen molar-refractivity contribution in [1.29, 1.82) is 0 Å². The minimum Gasteiger partial charge on any atom is -0.394 e. The Hall–Kier alpha value is -1.92. The smallest absolute Gasteiger partial charge is 0.319 e. The molecule has 0 bridgehead atoms. The molecular weight excluding hydrogens is 274 g/mol. The van der Waals surface area contributed by atoms with Crippen LogP contribution in [0, 0.1) is 6.92 Å². The van der Waals surface area contributed by atoms with Gasteiger partial charge in [-0.1, -0.05) is 0 Å².